The van der Waals surface area contributed by atoms with Gasteiger partial charge in [-0.2, -0.15) is 0 Å². The molecule has 0 unspecified atom stereocenters. The summed E-state index contributed by atoms with van der Waals surface area (Å²) in [4.78, 5) is 15.6. The lowest BCUT2D eigenvalue weighted by Gasteiger charge is -2.31. The molecule has 158 valence electrons. The van der Waals surface area contributed by atoms with E-state index in [1.165, 1.54) is 0 Å². The molecule has 0 aliphatic carbocycles. The highest BCUT2D eigenvalue weighted by molar-refractivity contribution is 7.89. The first-order valence-corrected chi connectivity index (χ1v) is 12.0. The number of amides is 1. The molecular weight excluding hydrogens is 398 g/mol. The Labute approximate surface area is 177 Å². The predicted octanol–water partition coefficient (Wildman–Crippen LogP) is 3.18. The molecule has 7 heteroatoms. The third kappa shape index (κ3) is 4.91. The minimum atomic E-state index is -3.25. The first kappa shape index (κ1) is 20.6. The molecule has 1 amide bonds. The van der Waals surface area contributed by atoms with E-state index in [1.807, 2.05) is 60.8 Å². The minimum absolute atomic E-state index is 0.0931. The Morgan fingerprint density at radius 1 is 1.07 bits per heavy atom. The van der Waals surface area contributed by atoms with Crippen molar-refractivity contribution in [3.05, 3.63) is 71.9 Å². The van der Waals surface area contributed by atoms with Crippen molar-refractivity contribution in [3.8, 4) is 0 Å². The third-order valence-corrected chi connectivity index (χ3v) is 7.70. The quantitative estimate of drug-likeness (QED) is 0.610. The van der Waals surface area contributed by atoms with Crippen molar-refractivity contribution in [2.24, 2.45) is 5.92 Å². The molecular formula is C23H27N3O3S. The summed E-state index contributed by atoms with van der Waals surface area (Å²) >= 11 is 0. The van der Waals surface area contributed by atoms with E-state index in [0.29, 0.717) is 37.5 Å². The molecule has 2 heterocycles. The Morgan fingerprint density at radius 3 is 2.60 bits per heavy atom. The molecule has 1 aliphatic heterocycles. The van der Waals surface area contributed by atoms with Crippen LogP contribution in [0.25, 0.3) is 10.9 Å². The van der Waals surface area contributed by atoms with E-state index in [-0.39, 0.29) is 11.7 Å². The van der Waals surface area contributed by atoms with Gasteiger partial charge in [0, 0.05) is 36.9 Å². The number of nitrogens with one attached hydrogen (secondary N) is 2. The van der Waals surface area contributed by atoms with Gasteiger partial charge in [-0.1, -0.05) is 36.4 Å². The van der Waals surface area contributed by atoms with Gasteiger partial charge >= 0.3 is 0 Å². The van der Waals surface area contributed by atoms with E-state index in [2.05, 4.69) is 10.3 Å². The van der Waals surface area contributed by atoms with Crippen molar-refractivity contribution in [2.45, 2.75) is 19.3 Å². The molecule has 1 saturated heterocycles. The molecule has 0 radical (unpaired) electrons. The van der Waals surface area contributed by atoms with Gasteiger partial charge < -0.3 is 10.3 Å². The Balaban J connectivity index is 1.24. The lowest BCUT2D eigenvalue weighted by atomic mass is 9.98. The van der Waals surface area contributed by atoms with Gasteiger partial charge in [-0.3, -0.25) is 4.79 Å². The van der Waals surface area contributed by atoms with E-state index in [0.717, 1.165) is 29.3 Å². The van der Waals surface area contributed by atoms with Crippen LogP contribution in [0, 0.1) is 5.92 Å². The van der Waals surface area contributed by atoms with Gasteiger partial charge in [-0.25, -0.2) is 12.7 Å². The summed E-state index contributed by atoms with van der Waals surface area (Å²) in [6.45, 7) is 1.61. The highest BCUT2D eigenvalue weighted by Gasteiger charge is 2.28. The number of benzene rings is 2. The fourth-order valence-electron chi connectivity index (χ4n) is 3.94. The van der Waals surface area contributed by atoms with Crippen LogP contribution >= 0.6 is 0 Å². The van der Waals surface area contributed by atoms with Crippen molar-refractivity contribution < 1.29 is 13.2 Å². The van der Waals surface area contributed by atoms with Crippen molar-refractivity contribution in [2.75, 3.05) is 25.4 Å². The highest BCUT2D eigenvalue weighted by Crippen LogP contribution is 2.20. The average molecular weight is 426 g/mol. The molecule has 30 heavy (non-hydrogen) atoms. The third-order valence-electron chi connectivity index (χ3n) is 5.83. The van der Waals surface area contributed by atoms with Crippen LogP contribution in [0.3, 0.4) is 0 Å². The summed E-state index contributed by atoms with van der Waals surface area (Å²) in [5.41, 5.74) is 2.61. The summed E-state index contributed by atoms with van der Waals surface area (Å²) in [6.07, 6.45) is 3.92. The molecule has 1 aromatic heterocycles. The summed E-state index contributed by atoms with van der Waals surface area (Å²) in [6, 6.07) is 17.3. The lowest BCUT2D eigenvalue weighted by molar-refractivity contribution is 0.0941. The number of nitrogens with zero attached hydrogens (tertiary/aromatic N) is 1. The van der Waals surface area contributed by atoms with Gasteiger partial charge in [-0.15, -0.1) is 0 Å². The van der Waals surface area contributed by atoms with E-state index in [4.69, 9.17) is 0 Å². The van der Waals surface area contributed by atoms with E-state index in [1.54, 1.807) is 4.31 Å². The zero-order chi connectivity index (χ0) is 21.0. The standard InChI is InChI=1S/C23H27N3O3S/c27-23(21-7-6-20-8-12-24-22(20)16-21)25-17-19-9-13-26(14-10-19)30(28,29)15-11-18-4-2-1-3-5-18/h1-8,12,16,19,24H,9-11,13-15,17H2,(H,25,27). The van der Waals surface area contributed by atoms with E-state index >= 15 is 0 Å². The van der Waals surface area contributed by atoms with Crippen molar-refractivity contribution >= 4 is 26.8 Å². The van der Waals surface area contributed by atoms with Crippen molar-refractivity contribution in [1.82, 2.24) is 14.6 Å². The van der Waals surface area contributed by atoms with Gasteiger partial charge in [0.25, 0.3) is 5.91 Å². The van der Waals surface area contributed by atoms with Crippen LogP contribution in [0.1, 0.15) is 28.8 Å². The molecule has 2 N–H and O–H groups in total. The number of aryl methyl sites for hydroxylation is 1. The SMILES string of the molecule is O=C(NCC1CCN(S(=O)(=O)CCc2ccccc2)CC1)c1ccc2cc[nH]c2c1. The highest BCUT2D eigenvalue weighted by atomic mass is 32.2. The monoisotopic (exact) mass is 425 g/mol. The number of piperidine rings is 1. The van der Waals surface area contributed by atoms with Crippen LogP contribution in [0.15, 0.2) is 60.8 Å². The maximum atomic E-state index is 12.7. The number of hydrogen-bond donors (Lipinski definition) is 2. The molecule has 1 aliphatic rings. The maximum Gasteiger partial charge on any atom is 0.251 e. The fraction of sp³-hybridized carbons (Fsp3) is 0.348. The first-order chi connectivity index (χ1) is 14.5. The summed E-state index contributed by atoms with van der Waals surface area (Å²) < 4.78 is 26.9. The molecule has 3 aromatic rings. The van der Waals surface area contributed by atoms with E-state index in [9.17, 15) is 13.2 Å². The molecule has 2 aromatic carbocycles. The Morgan fingerprint density at radius 2 is 1.83 bits per heavy atom. The summed E-state index contributed by atoms with van der Waals surface area (Å²) in [7, 11) is -3.25. The largest absolute Gasteiger partial charge is 0.361 e. The number of sulfonamides is 1. The molecule has 0 spiro atoms. The van der Waals surface area contributed by atoms with Crippen LogP contribution in [-0.4, -0.2) is 49.0 Å². The van der Waals surface area contributed by atoms with Gasteiger partial charge in [0.15, 0.2) is 0 Å². The average Bonchev–Trinajstić information content (AvgIpc) is 3.25. The summed E-state index contributed by atoms with van der Waals surface area (Å²) in [5.74, 6) is 0.341. The number of H-pyrrole nitrogens is 1. The molecule has 1 fully saturated rings. The number of aromatic nitrogens is 1. The van der Waals surface area contributed by atoms with Crippen LogP contribution < -0.4 is 5.32 Å². The Hall–Kier alpha value is -2.64. The number of carbonyl (C=O) groups is 1. The smallest absolute Gasteiger partial charge is 0.251 e. The van der Waals surface area contributed by atoms with E-state index < -0.39 is 10.0 Å². The minimum Gasteiger partial charge on any atom is -0.361 e. The zero-order valence-electron chi connectivity index (χ0n) is 16.9. The maximum absolute atomic E-state index is 12.7. The lowest BCUT2D eigenvalue weighted by Crippen LogP contribution is -2.42. The summed E-state index contributed by atoms with van der Waals surface area (Å²) in [5, 5.41) is 4.08. The van der Waals surface area contributed by atoms with Crippen molar-refractivity contribution in [1.29, 1.82) is 0 Å². The second-order valence-electron chi connectivity index (χ2n) is 7.88. The Bertz CT molecular complexity index is 1100. The molecule has 4 rings (SSSR count). The topological polar surface area (TPSA) is 82.3 Å². The molecule has 0 bridgehead atoms. The van der Waals surface area contributed by atoms with Crippen LogP contribution in [-0.2, 0) is 16.4 Å². The van der Waals surface area contributed by atoms with Gasteiger partial charge in [0.1, 0.15) is 0 Å². The zero-order valence-corrected chi connectivity index (χ0v) is 17.7. The number of aromatic amines is 1. The number of rotatable bonds is 7. The Kier molecular flexibility index (Phi) is 6.20. The second-order valence-corrected chi connectivity index (χ2v) is 9.97. The number of carbonyl (C=O) groups excluding carboxylic acids is 1. The van der Waals surface area contributed by atoms with Gasteiger partial charge in [0.05, 0.1) is 5.75 Å². The van der Waals surface area contributed by atoms with Crippen LogP contribution in [0.4, 0.5) is 0 Å². The normalized spacial score (nSPS) is 16.0. The predicted molar refractivity (Wildman–Crippen MR) is 119 cm³/mol. The molecule has 6 nitrogen and oxygen atoms in total. The molecule has 0 saturated carbocycles. The van der Waals surface area contributed by atoms with Crippen LogP contribution in [0.5, 0.6) is 0 Å². The van der Waals surface area contributed by atoms with Crippen LogP contribution in [0.2, 0.25) is 0 Å². The van der Waals surface area contributed by atoms with Crippen molar-refractivity contribution in [3.63, 3.8) is 0 Å². The van der Waals surface area contributed by atoms with Gasteiger partial charge in [0.2, 0.25) is 10.0 Å². The van der Waals surface area contributed by atoms with Gasteiger partial charge in [-0.05, 0) is 54.3 Å². The number of hydrogen-bond acceptors (Lipinski definition) is 3. The second kappa shape index (κ2) is 9.02. The number of fused-ring (bicyclic) bond motifs is 1. The fourth-order valence-corrected chi connectivity index (χ4v) is 5.46. The first-order valence-electron chi connectivity index (χ1n) is 10.4. The molecule has 0 atom stereocenters.